The van der Waals surface area contributed by atoms with Gasteiger partial charge in [0.25, 0.3) is 0 Å². The van der Waals surface area contributed by atoms with Gasteiger partial charge in [-0.1, -0.05) is 58.4 Å². The van der Waals surface area contributed by atoms with E-state index < -0.39 is 0 Å². The lowest BCUT2D eigenvalue weighted by Gasteiger charge is -2.33. The van der Waals surface area contributed by atoms with Gasteiger partial charge in [0, 0.05) is 15.7 Å². The van der Waals surface area contributed by atoms with Gasteiger partial charge in [-0.25, -0.2) is 4.79 Å². The molecule has 0 radical (unpaired) electrons. The van der Waals surface area contributed by atoms with Crippen molar-refractivity contribution in [1.82, 2.24) is 10.6 Å². The maximum Gasteiger partial charge on any atom is 0.337 e. The topological polar surface area (TPSA) is 70.6 Å². The standard InChI is InChI=1S/C24H21BrN2O3/c1-30-24(29)17-8-6-16(7-9-17)23-26-20(15-10-12-18(25)13-11-15)14-21(27-23)19-4-2-3-5-22(19)28/h2-14,21,23,26-28H,1H3. The summed E-state index contributed by atoms with van der Waals surface area (Å²) in [5.74, 6) is -0.128. The molecule has 3 aromatic carbocycles. The Labute approximate surface area is 183 Å². The molecule has 6 heteroatoms. The lowest BCUT2D eigenvalue weighted by Crippen LogP contribution is -2.39. The van der Waals surface area contributed by atoms with Gasteiger partial charge in [-0.15, -0.1) is 0 Å². The molecule has 0 saturated carbocycles. The van der Waals surface area contributed by atoms with Crippen molar-refractivity contribution in [2.45, 2.75) is 12.2 Å². The minimum atomic E-state index is -0.367. The van der Waals surface area contributed by atoms with Gasteiger partial charge < -0.3 is 15.2 Å². The molecule has 5 nitrogen and oxygen atoms in total. The first kappa shape index (κ1) is 20.2. The molecule has 0 aromatic heterocycles. The van der Waals surface area contributed by atoms with E-state index in [1.807, 2.05) is 54.6 Å². The number of carbonyl (C=O) groups is 1. The summed E-state index contributed by atoms with van der Waals surface area (Å²) in [5.41, 5.74) is 4.25. The zero-order valence-corrected chi connectivity index (χ0v) is 17.9. The molecule has 2 unspecified atom stereocenters. The molecule has 3 N–H and O–H groups in total. The van der Waals surface area contributed by atoms with Crippen LogP contribution in [0, 0.1) is 0 Å². The normalized spacial score (nSPS) is 18.3. The van der Waals surface area contributed by atoms with Gasteiger partial charge in [-0.3, -0.25) is 5.32 Å². The summed E-state index contributed by atoms with van der Waals surface area (Å²) in [6.07, 6.45) is 1.85. The summed E-state index contributed by atoms with van der Waals surface area (Å²) in [6, 6.07) is 22.5. The fraction of sp³-hybridized carbons (Fsp3) is 0.125. The van der Waals surface area contributed by atoms with Crippen molar-refractivity contribution in [2.75, 3.05) is 7.11 Å². The first-order valence-corrected chi connectivity index (χ1v) is 10.3. The number of benzene rings is 3. The van der Waals surface area contributed by atoms with Crippen LogP contribution in [0.3, 0.4) is 0 Å². The molecule has 0 saturated heterocycles. The third-order valence-electron chi connectivity index (χ3n) is 5.07. The average molecular weight is 465 g/mol. The van der Waals surface area contributed by atoms with Crippen LogP contribution in [-0.4, -0.2) is 18.2 Å². The Bertz CT molecular complexity index is 1080. The van der Waals surface area contributed by atoms with Gasteiger partial charge in [0.2, 0.25) is 0 Å². The summed E-state index contributed by atoms with van der Waals surface area (Å²) in [5, 5.41) is 17.4. The van der Waals surface area contributed by atoms with Gasteiger partial charge in [0.05, 0.1) is 18.7 Å². The molecule has 1 aliphatic rings. The molecule has 4 rings (SSSR count). The monoisotopic (exact) mass is 464 g/mol. The van der Waals surface area contributed by atoms with Crippen LogP contribution in [0.5, 0.6) is 5.75 Å². The molecule has 1 aliphatic heterocycles. The molecule has 3 aromatic rings. The van der Waals surface area contributed by atoms with E-state index in [-0.39, 0.29) is 23.9 Å². The quantitative estimate of drug-likeness (QED) is 0.478. The van der Waals surface area contributed by atoms with Gasteiger partial charge in [-0.2, -0.15) is 0 Å². The maximum atomic E-state index is 11.7. The van der Waals surface area contributed by atoms with Crippen molar-refractivity contribution in [3.8, 4) is 5.75 Å². The predicted octanol–water partition coefficient (Wildman–Crippen LogP) is 4.92. The number of phenols is 1. The number of carbonyl (C=O) groups excluding carboxylic acids is 1. The summed E-state index contributed by atoms with van der Waals surface area (Å²) < 4.78 is 5.79. The highest BCUT2D eigenvalue weighted by Crippen LogP contribution is 2.33. The zero-order valence-electron chi connectivity index (χ0n) is 16.3. The van der Waals surface area contributed by atoms with Gasteiger partial charge >= 0.3 is 5.97 Å². The molecule has 152 valence electrons. The predicted molar refractivity (Wildman–Crippen MR) is 120 cm³/mol. The lowest BCUT2D eigenvalue weighted by molar-refractivity contribution is 0.0600. The molecule has 0 fully saturated rings. The maximum absolute atomic E-state index is 11.7. The number of esters is 1. The highest BCUT2D eigenvalue weighted by molar-refractivity contribution is 9.10. The van der Waals surface area contributed by atoms with Crippen molar-refractivity contribution in [3.63, 3.8) is 0 Å². The van der Waals surface area contributed by atoms with Crippen LogP contribution < -0.4 is 10.6 Å². The SMILES string of the molecule is COC(=O)c1ccc(C2NC(c3ccc(Br)cc3)=CC(c3ccccc3O)N2)cc1. The van der Waals surface area contributed by atoms with Crippen LogP contribution in [0.25, 0.3) is 5.70 Å². The minimum Gasteiger partial charge on any atom is -0.508 e. The van der Waals surface area contributed by atoms with Crippen molar-refractivity contribution < 1.29 is 14.6 Å². The van der Waals surface area contributed by atoms with Crippen LogP contribution in [-0.2, 0) is 4.74 Å². The highest BCUT2D eigenvalue weighted by atomic mass is 79.9. The minimum absolute atomic E-state index is 0.198. The van der Waals surface area contributed by atoms with Gasteiger partial charge in [0.15, 0.2) is 0 Å². The van der Waals surface area contributed by atoms with Gasteiger partial charge in [-0.05, 0) is 47.5 Å². The number of phenolic OH excluding ortho intramolecular Hbond substituents is 1. The van der Waals surface area contributed by atoms with Gasteiger partial charge in [0.1, 0.15) is 11.9 Å². The summed E-state index contributed by atoms with van der Waals surface area (Å²) >= 11 is 3.48. The van der Waals surface area contributed by atoms with Crippen molar-refractivity contribution in [3.05, 3.63) is 106 Å². The smallest absolute Gasteiger partial charge is 0.337 e. The van der Waals surface area contributed by atoms with E-state index >= 15 is 0 Å². The second kappa shape index (κ2) is 8.73. The number of halogens is 1. The number of methoxy groups -OCH3 is 1. The number of rotatable bonds is 4. The van der Waals surface area contributed by atoms with Crippen molar-refractivity contribution in [1.29, 1.82) is 0 Å². The first-order chi connectivity index (χ1) is 14.5. The Morgan fingerprint density at radius 3 is 2.37 bits per heavy atom. The Morgan fingerprint density at radius 2 is 1.70 bits per heavy atom. The molecule has 30 heavy (non-hydrogen) atoms. The summed E-state index contributed by atoms with van der Waals surface area (Å²) in [6.45, 7) is 0. The first-order valence-electron chi connectivity index (χ1n) is 9.51. The van der Waals surface area contributed by atoms with Crippen LogP contribution in [0.15, 0.2) is 83.3 Å². The lowest BCUT2D eigenvalue weighted by atomic mass is 9.97. The van der Waals surface area contributed by atoms with Crippen molar-refractivity contribution >= 4 is 27.6 Å². The number of hydrogen-bond donors (Lipinski definition) is 3. The third-order valence-corrected chi connectivity index (χ3v) is 5.60. The Balaban J connectivity index is 1.70. The average Bonchev–Trinajstić information content (AvgIpc) is 2.79. The molecular weight excluding hydrogens is 444 g/mol. The van der Waals surface area contributed by atoms with Crippen molar-refractivity contribution in [2.24, 2.45) is 0 Å². The molecule has 0 aliphatic carbocycles. The molecule has 0 bridgehead atoms. The van der Waals surface area contributed by atoms with E-state index in [1.165, 1.54) is 7.11 Å². The second-order valence-electron chi connectivity index (χ2n) is 6.98. The molecule has 2 atom stereocenters. The summed E-state index contributed by atoms with van der Waals surface area (Å²) in [4.78, 5) is 11.7. The van der Waals surface area contributed by atoms with Crippen LogP contribution >= 0.6 is 15.9 Å². The number of ether oxygens (including phenoxy) is 1. The Kier molecular flexibility index (Phi) is 5.88. The van der Waals surface area contributed by atoms with E-state index in [0.29, 0.717) is 5.56 Å². The number of nitrogens with one attached hydrogen (secondary N) is 2. The fourth-order valence-corrected chi connectivity index (χ4v) is 3.75. The fourth-order valence-electron chi connectivity index (χ4n) is 3.49. The zero-order chi connectivity index (χ0) is 21.1. The second-order valence-corrected chi connectivity index (χ2v) is 7.90. The largest absolute Gasteiger partial charge is 0.508 e. The summed E-state index contributed by atoms with van der Waals surface area (Å²) in [7, 11) is 1.37. The number of aromatic hydroxyl groups is 1. The van der Waals surface area contributed by atoms with Crippen LogP contribution in [0.2, 0.25) is 0 Å². The van der Waals surface area contributed by atoms with E-state index in [9.17, 15) is 9.90 Å². The van der Waals surface area contributed by atoms with Crippen LogP contribution in [0.4, 0.5) is 0 Å². The number of hydrogen-bond acceptors (Lipinski definition) is 5. The third kappa shape index (κ3) is 4.25. The molecular formula is C24H21BrN2O3. The number of para-hydroxylation sites is 1. The Morgan fingerprint density at radius 1 is 1.00 bits per heavy atom. The van der Waals surface area contributed by atoms with E-state index in [0.717, 1.165) is 26.9 Å². The van der Waals surface area contributed by atoms with E-state index in [4.69, 9.17) is 4.74 Å². The molecule has 0 spiro atoms. The van der Waals surface area contributed by atoms with Crippen LogP contribution in [0.1, 0.15) is 39.3 Å². The highest BCUT2D eigenvalue weighted by Gasteiger charge is 2.25. The Hall–Kier alpha value is -3.09. The molecule has 0 amide bonds. The molecule has 1 heterocycles. The van der Waals surface area contributed by atoms with E-state index in [1.54, 1.807) is 18.2 Å². The van der Waals surface area contributed by atoms with E-state index in [2.05, 4.69) is 32.6 Å².